The first-order chi connectivity index (χ1) is 9.38. The van der Waals surface area contributed by atoms with Crippen LogP contribution < -0.4 is 4.72 Å². The number of hydrogen-bond acceptors (Lipinski definition) is 4. The number of carboxylic acid groups (broad SMARTS) is 1. The molecule has 0 amide bonds. The smallest absolute Gasteiger partial charge is 0.335 e. The van der Waals surface area contributed by atoms with Crippen LogP contribution in [0.15, 0.2) is 17.0 Å². The van der Waals surface area contributed by atoms with Gasteiger partial charge in [0.05, 0.1) is 22.1 Å². The van der Waals surface area contributed by atoms with Gasteiger partial charge in [-0.25, -0.2) is 22.3 Å². The zero-order valence-electron chi connectivity index (χ0n) is 12.1. The molecule has 3 N–H and O–H groups in total. The molecule has 21 heavy (non-hydrogen) atoms. The molecule has 6 nitrogen and oxygen atoms in total. The van der Waals surface area contributed by atoms with E-state index in [9.17, 15) is 22.7 Å². The molecule has 0 fully saturated rings. The van der Waals surface area contributed by atoms with E-state index >= 15 is 0 Å². The lowest BCUT2D eigenvalue weighted by Crippen LogP contribution is -2.50. The first-order valence-electron chi connectivity index (χ1n) is 6.14. The van der Waals surface area contributed by atoms with Gasteiger partial charge < -0.3 is 10.2 Å². The third-order valence-electron chi connectivity index (χ3n) is 3.27. The molecule has 0 saturated heterocycles. The van der Waals surface area contributed by atoms with Gasteiger partial charge in [0.15, 0.2) is 0 Å². The number of carbonyl (C=O) groups is 1. The number of sulfonamides is 1. The van der Waals surface area contributed by atoms with E-state index in [2.05, 4.69) is 4.72 Å². The predicted molar refractivity (Wildman–Crippen MR) is 74.2 cm³/mol. The highest BCUT2D eigenvalue weighted by Gasteiger charge is 2.32. The summed E-state index contributed by atoms with van der Waals surface area (Å²) in [6.45, 7) is 5.57. The summed E-state index contributed by atoms with van der Waals surface area (Å²) in [5.41, 5.74) is -1.84. The third kappa shape index (κ3) is 3.78. The highest BCUT2D eigenvalue weighted by Crippen LogP contribution is 2.23. The van der Waals surface area contributed by atoms with Crippen LogP contribution in [0.1, 0.15) is 36.7 Å². The number of halogens is 1. The molecule has 1 rings (SSSR count). The summed E-state index contributed by atoms with van der Waals surface area (Å²) < 4.78 is 40.6. The van der Waals surface area contributed by atoms with Crippen LogP contribution in [0.25, 0.3) is 0 Å². The average molecular weight is 319 g/mol. The fraction of sp³-hybridized carbons (Fsp3) is 0.462. The molecule has 0 radical (unpaired) electrons. The highest BCUT2D eigenvalue weighted by atomic mass is 32.2. The Balaban J connectivity index is 3.42. The topological polar surface area (TPSA) is 104 Å². The molecule has 0 heterocycles. The summed E-state index contributed by atoms with van der Waals surface area (Å²) in [6.07, 6.45) is -1.000. The molecule has 1 unspecified atom stereocenters. The second kappa shape index (κ2) is 5.70. The summed E-state index contributed by atoms with van der Waals surface area (Å²) in [6, 6.07) is 1.65. The van der Waals surface area contributed by atoms with E-state index in [-0.39, 0.29) is 5.56 Å². The lowest BCUT2D eigenvalue weighted by molar-refractivity contribution is 0.0696. The summed E-state index contributed by atoms with van der Waals surface area (Å²) in [5, 5.41) is 18.5. The largest absolute Gasteiger partial charge is 0.478 e. The number of carboxylic acids is 1. The van der Waals surface area contributed by atoms with Crippen molar-refractivity contribution >= 4 is 16.0 Å². The van der Waals surface area contributed by atoms with Crippen molar-refractivity contribution in [1.82, 2.24) is 4.72 Å². The van der Waals surface area contributed by atoms with Gasteiger partial charge in [-0.3, -0.25) is 0 Å². The molecule has 1 aromatic rings. The SMILES string of the molecule is Cc1c(F)cc(C(=O)O)cc1S(=O)(=O)NC(C)(C)C(C)O. The first-order valence-corrected chi connectivity index (χ1v) is 7.62. The Morgan fingerprint density at radius 2 is 1.90 bits per heavy atom. The fourth-order valence-corrected chi connectivity index (χ4v) is 3.30. The second-order valence-corrected chi connectivity index (χ2v) is 7.04. The summed E-state index contributed by atoms with van der Waals surface area (Å²) >= 11 is 0. The second-order valence-electron chi connectivity index (χ2n) is 5.39. The molecular formula is C13H18FNO5S. The van der Waals surface area contributed by atoms with Crippen molar-refractivity contribution < 1.29 is 27.8 Å². The Morgan fingerprint density at radius 1 is 1.38 bits per heavy atom. The highest BCUT2D eigenvalue weighted by molar-refractivity contribution is 7.89. The van der Waals surface area contributed by atoms with Crippen LogP contribution in [0.5, 0.6) is 0 Å². The molecule has 8 heteroatoms. The number of aromatic carboxylic acids is 1. The molecule has 0 bridgehead atoms. The fourth-order valence-electron chi connectivity index (χ4n) is 1.54. The number of nitrogens with one attached hydrogen (secondary N) is 1. The Morgan fingerprint density at radius 3 is 2.33 bits per heavy atom. The average Bonchev–Trinajstić information content (AvgIpc) is 2.30. The number of hydrogen-bond donors (Lipinski definition) is 3. The maximum absolute atomic E-state index is 13.7. The zero-order valence-corrected chi connectivity index (χ0v) is 13.0. The Kier molecular flexibility index (Phi) is 4.76. The van der Waals surface area contributed by atoms with E-state index in [0.717, 1.165) is 12.1 Å². The van der Waals surface area contributed by atoms with Crippen molar-refractivity contribution in [3.63, 3.8) is 0 Å². The molecule has 0 aliphatic rings. The molecule has 0 aliphatic heterocycles. The molecule has 1 atom stereocenters. The summed E-state index contributed by atoms with van der Waals surface area (Å²) in [7, 11) is -4.19. The van der Waals surface area contributed by atoms with Crippen LogP contribution in [0, 0.1) is 12.7 Å². The molecule has 0 spiro atoms. The molecule has 0 saturated carbocycles. The van der Waals surface area contributed by atoms with E-state index < -0.39 is 43.9 Å². The van der Waals surface area contributed by atoms with E-state index in [1.165, 1.54) is 27.7 Å². The van der Waals surface area contributed by atoms with Crippen LogP contribution in [0.4, 0.5) is 4.39 Å². The molecule has 1 aromatic carbocycles. The van der Waals surface area contributed by atoms with E-state index in [4.69, 9.17) is 5.11 Å². The number of rotatable bonds is 5. The first kappa shape index (κ1) is 17.5. The summed E-state index contributed by atoms with van der Waals surface area (Å²) in [4.78, 5) is 10.5. The minimum atomic E-state index is -4.19. The van der Waals surface area contributed by atoms with Gasteiger partial charge >= 0.3 is 5.97 Å². The monoisotopic (exact) mass is 319 g/mol. The Bertz CT molecular complexity index is 667. The molecule has 0 aromatic heterocycles. The lowest BCUT2D eigenvalue weighted by Gasteiger charge is -2.29. The van der Waals surface area contributed by atoms with Gasteiger partial charge in [0, 0.05) is 5.56 Å². The van der Waals surface area contributed by atoms with Crippen molar-refractivity contribution in [3.05, 3.63) is 29.1 Å². The maximum atomic E-state index is 13.7. The van der Waals surface area contributed by atoms with Gasteiger partial charge in [0.1, 0.15) is 5.82 Å². The van der Waals surface area contributed by atoms with Crippen LogP contribution in [-0.4, -0.2) is 36.2 Å². The number of benzene rings is 1. The third-order valence-corrected chi connectivity index (χ3v) is 5.07. The predicted octanol–water partition coefficient (Wildman–Crippen LogP) is 1.27. The Hall–Kier alpha value is -1.51. The van der Waals surface area contributed by atoms with E-state index in [0.29, 0.717) is 0 Å². The minimum Gasteiger partial charge on any atom is -0.478 e. The van der Waals surface area contributed by atoms with Gasteiger partial charge in [0.2, 0.25) is 10.0 Å². The van der Waals surface area contributed by atoms with Crippen molar-refractivity contribution in [2.24, 2.45) is 0 Å². The van der Waals surface area contributed by atoms with Gasteiger partial charge in [0.25, 0.3) is 0 Å². The van der Waals surface area contributed by atoms with E-state index in [1.54, 1.807) is 0 Å². The standard InChI is InChI=1S/C13H18FNO5S/c1-7-10(14)5-9(12(17)18)6-11(7)21(19,20)15-13(3,4)8(2)16/h5-6,8,15-16H,1-4H3,(H,17,18). The van der Waals surface area contributed by atoms with Gasteiger partial charge in [-0.1, -0.05) is 0 Å². The van der Waals surface area contributed by atoms with Crippen LogP contribution >= 0.6 is 0 Å². The van der Waals surface area contributed by atoms with Crippen LogP contribution in [-0.2, 0) is 10.0 Å². The lowest BCUT2D eigenvalue weighted by atomic mass is 10.0. The molecule has 118 valence electrons. The summed E-state index contributed by atoms with van der Waals surface area (Å²) in [5.74, 6) is -2.36. The molecular weight excluding hydrogens is 301 g/mol. The number of aliphatic hydroxyl groups excluding tert-OH is 1. The quantitative estimate of drug-likeness (QED) is 0.758. The Labute approximate surface area is 122 Å². The van der Waals surface area contributed by atoms with Gasteiger partial charge in [-0.15, -0.1) is 0 Å². The van der Waals surface area contributed by atoms with Crippen molar-refractivity contribution in [3.8, 4) is 0 Å². The van der Waals surface area contributed by atoms with Crippen molar-refractivity contribution in [1.29, 1.82) is 0 Å². The normalized spacial score (nSPS) is 14.0. The minimum absolute atomic E-state index is 0.186. The maximum Gasteiger partial charge on any atom is 0.335 e. The van der Waals surface area contributed by atoms with Crippen LogP contribution in [0.2, 0.25) is 0 Å². The van der Waals surface area contributed by atoms with Crippen molar-refractivity contribution in [2.45, 2.75) is 44.2 Å². The van der Waals surface area contributed by atoms with Crippen molar-refractivity contribution in [2.75, 3.05) is 0 Å². The van der Waals surface area contributed by atoms with Crippen LogP contribution in [0.3, 0.4) is 0 Å². The van der Waals surface area contributed by atoms with E-state index in [1.807, 2.05) is 0 Å². The van der Waals surface area contributed by atoms with Gasteiger partial charge in [-0.05, 0) is 39.8 Å². The zero-order chi connectivity index (χ0) is 16.6. The number of aliphatic hydroxyl groups is 1. The molecule has 0 aliphatic carbocycles. The van der Waals surface area contributed by atoms with Gasteiger partial charge in [-0.2, -0.15) is 0 Å².